The number of ketones is 1. The molecule has 24 heavy (non-hydrogen) atoms. The van der Waals surface area contributed by atoms with Crippen LogP contribution in [0.3, 0.4) is 0 Å². The maximum Gasteiger partial charge on any atom is 0.321 e. The molecule has 132 valence electrons. The van der Waals surface area contributed by atoms with Crippen molar-refractivity contribution in [3.8, 4) is 17.2 Å². The van der Waals surface area contributed by atoms with Gasteiger partial charge in [0.25, 0.3) is 0 Å². The van der Waals surface area contributed by atoms with Gasteiger partial charge in [0.15, 0.2) is 11.5 Å². The van der Waals surface area contributed by atoms with E-state index < -0.39 is 0 Å². The van der Waals surface area contributed by atoms with Crippen molar-refractivity contribution in [1.29, 1.82) is 0 Å². The Balaban J connectivity index is 2.08. The summed E-state index contributed by atoms with van der Waals surface area (Å²) in [5.74, 6) is 1.68. The lowest BCUT2D eigenvalue weighted by atomic mass is 9.93. The summed E-state index contributed by atoms with van der Waals surface area (Å²) in [4.78, 5) is 25.5. The summed E-state index contributed by atoms with van der Waals surface area (Å²) in [5.41, 5.74) is 0.559. The van der Waals surface area contributed by atoms with E-state index in [1.165, 1.54) is 21.3 Å². The van der Waals surface area contributed by atoms with Crippen LogP contribution in [0.1, 0.15) is 19.8 Å². The molecule has 0 aromatic heterocycles. The predicted molar refractivity (Wildman–Crippen MR) is 90.1 cm³/mol. The largest absolute Gasteiger partial charge is 0.493 e. The van der Waals surface area contributed by atoms with Gasteiger partial charge < -0.3 is 24.4 Å². The summed E-state index contributed by atoms with van der Waals surface area (Å²) in [6.07, 6.45) is 1.41. The first kappa shape index (κ1) is 17.9. The molecule has 1 saturated heterocycles. The number of nitrogens with zero attached hydrogens (tertiary/aromatic N) is 1. The number of Topliss-reactive ketones (excluding diaryl/α,β-unsaturated/α-hetero) is 1. The maximum absolute atomic E-state index is 12.4. The first-order chi connectivity index (χ1) is 11.5. The molecule has 1 aliphatic rings. The fourth-order valence-electron chi connectivity index (χ4n) is 2.84. The summed E-state index contributed by atoms with van der Waals surface area (Å²) < 4.78 is 15.8. The van der Waals surface area contributed by atoms with Gasteiger partial charge in [0.05, 0.1) is 27.0 Å². The molecule has 1 heterocycles. The number of likely N-dealkylation sites (tertiary alicyclic amines) is 1. The lowest BCUT2D eigenvalue weighted by molar-refractivity contribution is -0.121. The third-order valence-electron chi connectivity index (χ3n) is 4.27. The van der Waals surface area contributed by atoms with Crippen LogP contribution in [0.15, 0.2) is 12.1 Å². The molecule has 7 heteroatoms. The minimum Gasteiger partial charge on any atom is -0.493 e. The van der Waals surface area contributed by atoms with E-state index >= 15 is 0 Å². The smallest absolute Gasteiger partial charge is 0.321 e. The Morgan fingerprint density at radius 3 is 2.00 bits per heavy atom. The number of methoxy groups -OCH3 is 3. The zero-order valence-electron chi connectivity index (χ0n) is 14.5. The van der Waals surface area contributed by atoms with Crippen LogP contribution >= 0.6 is 0 Å². The van der Waals surface area contributed by atoms with Crippen LogP contribution in [0.5, 0.6) is 17.2 Å². The van der Waals surface area contributed by atoms with Crippen molar-refractivity contribution in [2.24, 2.45) is 5.92 Å². The zero-order valence-corrected chi connectivity index (χ0v) is 14.5. The first-order valence-electron chi connectivity index (χ1n) is 7.86. The van der Waals surface area contributed by atoms with Crippen molar-refractivity contribution in [3.63, 3.8) is 0 Å². The van der Waals surface area contributed by atoms with Crippen LogP contribution in [-0.4, -0.2) is 51.1 Å². The summed E-state index contributed by atoms with van der Waals surface area (Å²) in [5, 5.41) is 2.84. The Bertz CT molecular complexity index is 584. The lowest BCUT2D eigenvalue weighted by Gasteiger charge is -2.31. The summed E-state index contributed by atoms with van der Waals surface area (Å²) in [7, 11) is 4.57. The Hall–Kier alpha value is -2.44. The Morgan fingerprint density at radius 2 is 1.58 bits per heavy atom. The van der Waals surface area contributed by atoms with Gasteiger partial charge in [-0.3, -0.25) is 4.79 Å². The molecule has 2 rings (SSSR count). The third kappa shape index (κ3) is 3.90. The fraction of sp³-hybridized carbons (Fsp3) is 0.529. The van der Waals surface area contributed by atoms with Gasteiger partial charge in [-0.2, -0.15) is 0 Å². The number of carbonyl (C=O) groups excluding carboxylic acids is 2. The highest BCUT2D eigenvalue weighted by Gasteiger charge is 2.25. The number of carbonyl (C=O) groups is 2. The molecule has 1 aliphatic heterocycles. The number of benzene rings is 1. The van der Waals surface area contributed by atoms with Gasteiger partial charge in [-0.05, 0) is 19.8 Å². The van der Waals surface area contributed by atoms with Gasteiger partial charge in [0.2, 0.25) is 5.75 Å². The van der Waals surface area contributed by atoms with Crippen LogP contribution in [0, 0.1) is 5.92 Å². The van der Waals surface area contributed by atoms with Crippen LogP contribution in [0.4, 0.5) is 10.5 Å². The van der Waals surface area contributed by atoms with Crippen molar-refractivity contribution in [3.05, 3.63) is 12.1 Å². The van der Waals surface area contributed by atoms with Gasteiger partial charge in [0, 0.05) is 31.1 Å². The molecule has 1 aromatic rings. The van der Waals surface area contributed by atoms with E-state index in [1.807, 2.05) is 0 Å². The SMILES string of the molecule is COc1cc(NC(=O)N2CCC(C(C)=O)CC2)cc(OC)c1OC. The molecule has 0 spiro atoms. The number of piperidine rings is 1. The average Bonchev–Trinajstić information content (AvgIpc) is 2.60. The van der Waals surface area contributed by atoms with Gasteiger partial charge >= 0.3 is 6.03 Å². The molecule has 7 nitrogen and oxygen atoms in total. The van der Waals surface area contributed by atoms with Gasteiger partial charge in [-0.15, -0.1) is 0 Å². The molecule has 0 atom stereocenters. The third-order valence-corrected chi connectivity index (χ3v) is 4.27. The quantitative estimate of drug-likeness (QED) is 0.894. The Morgan fingerprint density at radius 1 is 1.04 bits per heavy atom. The van der Waals surface area contributed by atoms with E-state index in [1.54, 1.807) is 24.0 Å². The van der Waals surface area contributed by atoms with Crippen LogP contribution < -0.4 is 19.5 Å². The average molecular weight is 336 g/mol. The molecule has 0 aliphatic carbocycles. The standard InChI is InChI=1S/C17H24N2O5/c1-11(20)12-5-7-19(8-6-12)17(21)18-13-9-14(22-2)16(24-4)15(10-13)23-3/h9-10,12H,5-8H2,1-4H3,(H,18,21). The second-order valence-electron chi connectivity index (χ2n) is 5.72. The monoisotopic (exact) mass is 336 g/mol. The molecule has 0 radical (unpaired) electrons. The lowest BCUT2D eigenvalue weighted by Crippen LogP contribution is -2.42. The number of anilines is 1. The van der Waals surface area contributed by atoms with Crippen molar-refractivity contribution in [2.45, 2.75) is 19.8 Å². The molecular formula is C17H24N2O5. The first-order valence-corrected chi connectivity index (χ1v) is 7.86. The van der Waals surface area contributed by atoms with Crippen LogP contribution in [0.2, 0.25) is 0 Å². The number of rotatable bonds is 5. The Kier molecular flexibility index (Phi) is 5.89. The highest BCUT2D eigenvalue weighted by Crippen LogP contribution is 2.40. The summed E-state index contributed by atoms with van der Waals surface area (Å²) >= 11 is 0. The molecule has 1 fully saturated rings. The topological polar surface area (TPSA) is 77.1 Å². The van der Waals surface area contributed by atoms with Crippen LogP contribution in [-0.2, 0) is 4.79 Å². The molecule has 2 amide bonds. The van der Waals surface area contributed by atoms with Crippen molar-refractivity contribution < 1.29 is 23.8 Å². The van der Waals surface area contributed by atoms with E-state index in [-0.39, 0.29) is 17.7 Å². The minimum atomic E-state index is -0.203. The summed E-state index contributed by atoms with van der Waals surface area (Å²) in [6, 6.07) is 3.16. The molecule has 0 bridgehead atoms. The summed E-state index contributed by atoms with van der Waals surface area (Å²) in [6.45, 7) is 2.75. The number of nitrogens with one attached hydrogen (secondary N) is 1. The van der Waals surface area contributed by atoms with E-state index in [0.717, 1.165) is 0 Å². The molecule has 1 N–H and O–H groups in total. The van der Waals surface area contributed by atoms with Crippen LogP contribution in [0.25, 0.3) is 0 Å². The molecular weight excluding hydrogens is 312 g/mol. The highest BCUT2D eigenvalue weighted by atomic mass is 16.5. The number of hydrogen-bond acceptors (Lipinski definition) is 5. The van der Waals surface area contributed by atoms with E-state index in [0.29, 0.717) is 48.9 Å². The second kappa shape index (κ2) is 7.90. The number of amides is 2. The number of urea groups is 1. The normalized spacial score (nSPS) is 14.9. The number of ether oxygens (including phenoxy) is 3. The minimum absolute atomic E-state index is 0.0650. The van der Waals surface area contributed by atoms with Gasteiger partial charge in [-0.25, -0.2) is 4.79 Å². The highest BCUT2D eigenvalue weighted by molar-refractivity contribution is 5.90. The fourth-order valence-corrected chi connectivity index (χ4v) is 2.84. The maximum atomic E-state index is 12.4. The van der Waals surface area contributed by atoms with Crippen molar-refractivity contribution in [2.75, 3.05) is 39.7 Å². The van der Waals surface area contributed by atoms with E-state index in [4.69, 9.17) is 14.2 Å². The van der Waals surface area contributed by atoms with E-state index in [2.05, 4.69) is 5.32 Å². The molecule has 0 saturated carbocycles. The van der Waals surface area contributed by atoms with Gasteiger partial charge in [-0.1, -0.05) is 0 Å². The number of hydrogen-bond donors (Lipinski definition) is 1. The Labute approximate surface area is 141 Å². The molecule has 0 unspecified atom stereocenters. The predicted octanol–water partition coefficient (Wildman–Crippen LogP) is 2.55. The van der Waals surface area contributed by atoms with Gasteiger partial charge in [0.1, 0.15) is 5.78 Å². The van der Waals surface area contributed by atoms with Crippen molar-refractivity contribution in [1.82, 2.24) is 4.90 Å². The zero-order chi connectivity index (χ0) is 17.7. The van der Waals surface area contributed by atoms with E-state index in [9.17, 15) is 9.59 Å². The molecule has 1 aromatic carbocycles. The second-order valence-corrected chi connectivity index (χ2v) is 5.72. The van der Waals surface area contributed by atoms with Crippen molar-refractivity contribution >= 4 is 17.5 Å².